The summed E-state index contributed by atoms with van der Waals surface area (Å²) in [7, 11) is -3.63. The Bertz CT molecular complexity index is 799. The summed E-state index contributed by atoms with van der Waals surface area (Å²) in [6.45, 7) is 11.2. The van der Waals surface area contributed by atoms with Crippen LogP contribution in [0.5, 0.6) is 0 Å². The van der Waals surface area contributed by atoms with Gasteiger partial charge < -0.3 is 4.52 Å². The Labute approximate surface area is 138 Å². The molecule has 0 aliphatic carbocycles. The first-order valence-corrected chi connectivity index (χ1v) is 9.09. The summed E-state index contributed by atoms with van der Waals surface area (Å²) in [5, 5.41) is 3.86. The van der Waals surface area contributed by atoms with Crippen molar-refractivity contribution < 1.29 is 12.9 Å². The lowest BCUT2D eigenvalue weighted by molar-refractivity contribution is 0.427. The highest BCUT2D eigenvalue weighted by atomic mass is 32.2. The fourth-order valence-electron chi connectivity index (χ4n) is 2.36. The fourth-order valence-corrected chi connectivity index (χ4v) is 4.17. The lowest BCUT2D eigenvalue weighted by atomic mass is 10.0. The summed E-state index contributed by atoms with van der Waals surface area (Å²) < 4.78 is 33.6. The van der Waals surface area contributed by atoms with Gasteiger partial charge in [0.05, 0.1) is 10.6 Å². The monoisotopic (exact) mass is 336 g/mol. The number of nitrogens with zero attached hydrogens (tertiary/aromatic N) is 1. The number of aryl methyl sites for hydroxylation is 1. The number of nitrogens with one attached hydrogen (secondary N) is 1. The predicted octanol–water partition coefficient (Wildman–Crippen LogP) is 3.85. The highest BCUT2D eigenvalue weighted by Crippen LogP contribution is 2.30. The van der Waals surface area contributed by atoms with Gasteiger partial charge in [0.1, 0.15) is 0 Å². The van der Waals surface area contributed by atoms with Crippen molar-refractivity contribution in [3.8, 4) is 11.3 Å². The van der Waals surface area contributed by atoms with Gasteiger partial charge in [0.2, 0.25) is 10.0 Å². The Morgan fingerprint density at radius 1 is 1.17 bits per heavy atom. The van der Waals surface area contributed by atoms with Crippen LogP contribution >= 0.6 is 0 Å². The maximum absolute atomic E-state index is 12.8. The molecule has 0 unspecified atom stereocenters. The van der Waals surface area contributed by atoms with Crippen molar-refractivity contribution in [2.75, 3.05) is 0 Å². The number of aromatic nitrogens is 1. The van der Waals surface area contributed by atoms with Gasteiger partial charge in [0.15, 0.2) is 5.76 Å². The summed E-state index contributed by atoms with van der Waals surface area (Å²) in [4.78, 5) is 0.286. The van der Waals surface area contributed by atoms with Crippen molar-refractivity contribution in [2.45, 2.75) is 57.9 Å². The molecule has 0 aliphatic heterocycles. The third-order valence-corrected chi connectivity index (χ3v) is 5.09. The maximum Gasteiger partial charge on any atom is 0.241 e. The second kappa shape index (κ2) is 6.09. The molecule has 2 rings (SSSR count). The van der Waals surface area contributed by atoms with Crippen LogP contribution in [-0.2, 0) is 10.0 Å². The highest BCUT2D eigenvalue weighted by Gasteiger charge is 2.26. The molecule has 0 amide bonds. The summed E-state index contributed by atoms with van der Waals surface area (Å²) in [6, 6.07) is 7.15. The van der Waals surface area contributed by atoms with Crippen LogP contribution in [0.1, 0.15) is 51.8 Å². The number of sulfonamides is 1. The van der Waals surface area contributed by atoms with Crippen molar-refractivity contribution in [1.82, 2.24) is 9.88 Å². The summed E-state index contributed by atoms with van der Waals surface area (Å²) >= 11 is 0. The number of hydrogen-bond donors (Lipinski definition) is 1. The Hall–Kier alpha value is -1.66. The predicted molar refractivity (Wildman–Crippen MR) is 90.8 cm³/mol. The van der Waals surface area contributed by atoms with E-state index in [1.165, 1.54) is 0 Å². The molecular formula is C17H24N2O3S. The average Bonchev–Trinajstić information content (AvgIpc) is 2.82. The van der Waals surface area contributed by atoms with E-state index in [1.54, 1.807) is 12.1 Å². The van der Waals surface area contributed by atoms with Gasteiger partial charge >= 0.3 is 0 Å². The zero-order valence-corrected chi connectivity index (χ0v) is 15.3. The topological polar surface area (TPSA) is 72.2 Å². The first kappa shape index (κ1) is 17.7. The molecule has 6 heteroatoms. The van der Waals surface area contributed by atoms with Crippen molar-refractivity contribution in [3.05, 3.63) is 35.5 Å². The fraction of sp³-hybridized carbons (Fsp3) is 0.471. The van der Waals surface area contributed by atoms with Crippen LogP contribution in [0, 0.1) is 6.92 Å². The van der Waals surface area contributed by atoms with E-state index in [1.807, 2.05) is 53.7 Å². The molecule has 5 nitrogen and oxygen atoms in total. The van der Waals surface area contributed by atoms with Gasteiger partial charge in [-0.2, -0.15) is 0 Å². The highest BCUT2D eigenvalue weighted by molar-refractivity contribution is 7.89. The van der Waals surface area contributed by atoms with Gasteiger partial charge in [-0.3, -0.25) is 0 Å². The molecule has 2 aromatic rings. The molecule has 0 atom stereocenters. The molecule has 0 saturated carbocycles. The van der Waals surface area contributed by atoms with Gasteiger partial charge in [-0.05, 0) is 45.2 Å². The summed E-state index contributed by atoms with van der Waals surface area (Å²) in [5.74, 6) is 0.650. The Morgan fingerprint density at radius 3 is 2.30 bits per heavy atom. The normalized spacial score (nSPS) is 12.8. The molecule has 1 heterocycles. The smallest absolute Gasteiger partial charge is 0.241 e. The maximum atomic E-state index is 12.8. The molecule has 1 N–H and O–H groups in total. The molecule has 0 spiro atoms. The SMILES string of the molecule is Cc1cc(-c2ccc(C(C)C)c(S(=O)(=O)NC(C)(C)C)c2)on1. The largest absolute Gasteiger partial charge is 0.356 e. The third kappa shape index (κ3) is 4.20. The Kier molecular flexibility index (Phi) is 4.69. The molecule has 0 radical (unpaired) electrons. The standard InChI is InChI=1S/C17H24N2O3S/c1-11(2)14-8-7-13(15-9-12(3)18-22-15)10-16(14)23(20,21)19-17(4,5)6/h7-11,19H,1-6H3. The summed E-state index contributed by atoms with van der Waals surface area (Å²) in [6.07, 6.45) is 0. The molecule has 0 saturated heterocycles. The Balaban J connectivity index is 2.59. The first-order valence-electron chi connectivity index (χ1n) is 7.61. The van der Waals surface area contributed by atoms with E-state index in [9.17, 15) is 8.42 Å². The van der Waals surface area contributed by atoms with Gasteiger partial charge in [0.25, 0.3) is 0 Å². The van der Waals surface area contributed by atoms with Gasteiger partial charge in [-0.15, -0.1) is 0 Å². The van der Waals surface area contributed by atoms with Crippen molar-refractivity contribution in [3.63, 3.8) is 0 Å². The molecule has 1 aromatic carbocycles. The molecular weight excluding hydrogens is 312 g/mol. The second-order valence-electron chi connectivity index (χ2n) is 7.10. The van der Waals surface area contributed by atoms with Crippen molar-refractivity contribution in [1.29, 1.82) is 0 Å². The molecule has 23 heavy (non-hydrogen) atoms. The first-order chi connectivity index (χ1) is 10.5. The number of benzene rings is 1. The summed E-state index contributed by atoms with van der Waals surface area (Å²) in [5.41, 5.74) is 1.68. The number of rotatable bonds is 4. The van der Waals surface area contributed by atoms with Crippen LogP contribution < -0.4 is 4.72 Å². The van der Waals surface area contributed by atoms with Crippen LogP contribution in [0.2, 0.25) is 0 Å². The van der Waals surface area contributed by atoms with E-state index >= 15 is 0 Å². The Morgan fingerprint density at radius 2 is 1.83 bits per heavy atom. The van der Waals surface area contributed by atoms with Gasteiger partial charge in [-0.1, -0.05) is 31.1 Å². The minimum Gasteiger partial charge on any atom is -0.356 e. The average molecular weight is 336 g/mol. The van der Waals surface area contributed by atoms with Gasteiger partial charge in [0, 0.05) is 17.2 Å². The molecule has 0 aliphatic rings. The van der Waals surface area contributed by atoms with E-state index in [4.69, 9.17) is 4.52 Å². The molecule has 0 fully saturated rings. The van der Waals surface area contributed by atoms with E-state index in [0.717, 1.165) is 11.3 Å². The van der Waals surface area contributed by atoms with Crippen LogP contribution in [0.25, 0.3) is 11.3 Å². The van der Waals surface area contributed by atoms with Crippen LogP contribution in [0.15, 0.2) is 33.7 Å². The van der Waals surface area contributed by atoms with Gasteiger partial charge in [-0.25, -0.2) is 13.1 Å². The van der Waals surface area contributed by atoms with E-state index in [0.29, 0.717) is 11.3 Å². The lowest BCUT2D eigenvalue weighted by Gasteiger charge is -2.22. The zero-order valence-electron chi connectivity index (χ0n) is 14.5. The second-order valence-corrected chi connectivity index (χ2v) is 8.75. The third-order valence-electron chi connectivity index (χ3n) is 3.28. The molecule has 126 valence electrons. The minimum absolute atomic E-state index is 0.0899. The molecule has 0 bridgehead atoms. The van der Waals surface area contributed by atoms with Crippen molar-refractivity contribution >= 4 is 10.0 Å². The van der Waals surface area contributed by atoms with E-state index < -0.39 is 15.6 Å². The van der Waals surface area contributed by atoms with Crippen LogP contribution in [0.3, 0.4) is 0 Å². The van der Waals surface area contributed by atoms with Crippen LogP contribution in [-0.4, -0.2) is 19.1 Å². The van der Waals surface area contributed by atoms with Crippen molar-refractivity contribution in [2.24, 2.45) is 0 Å². The quantitative estimate of drug-likeness (QED) is 0.920. The van der Waals surface area contributed by atoms with E-state index in [2.05, 4.69) is 9.88 Å². The number of hydrogen-bond acceptors (Lipinski definition) is 4. The minimum atomic E-state index is -3.63. The van der Waals surface area contributed by atoms with Crippen LogP contribution in [0.4, 0.5) is 0 Å². The zero-order chi connectivity index (χ0) is 17.4. The lowest BCUT2D eigenvalue weighted by Crippen LogP contribution is -2.40. The molecule has 1 aromatic heterocycles. The van der Waals surface area contributed by atoms with E-state index in [-0.39, 0.29) is 10.8 Å².